The Labute approximate surface area is 85.3 Å². The number of nitrogens with one attached hydrogen (secondary N) is 1. The van der Waals surface area contributed by atoms with Crippen molar-refractivity contribution < 1.29 is 9.59 Å². The molecule has 0 heterocycles. The predicted octanol–water partition coefficient (Wildman–Crippen LogP) is 1.66. The van der Waals surface area contributed by atoms with E-state index in [1.165, 1.54) is 0 Å². The van der Waals surface area contributed by atoms with Gasteiger partial charge in [0.25, 0.3) is 0 Å². The molecule has 1 N–H and O–H groups in total. The molecule has 0 aromatic heterocycles. The number of hydrogen-bond acceptors (Lipinski definition) is 2. The van der Waals surface area contributed by atoms with Gasteiger partial charge in [0.1, 0.15) is 5.78 Å². The average Bonchev–Trinajstić information content (AvgIpc) is 2.64. The third-order valence-corrected chi connectivity index (χ3v) is 2.31. The molecule has 0 bridgehead atoms. The molecule has 3 nitrogen and oxygen atoms in total. The molecule has 0 aliphatic heterocycles. The van der Waals surface area contributed by atoms with Crippen molar-refractivity contribution in [3.63, 3.8) is 0 Å². The minimum atomic E-state index is -0.204. The minimum absolute atomic E-state index is 0.0822. The van der Waals surface area contributed by atoms with Crippen molar-refractivity contribution in [2.75, 3.05) is 0 Å². The van der Waals surface area contributed by atoms with Gasteiger partial charge in [-0.3, -0.25) is 4.79 Å². The summed E-state index contributed by atoms with van der Waals surface area (Å²) < 4.78 is 0. The number of ketones is 1. The summed E-state index contributed by atoms with van der Waals surface area (Å²) in [5.74, 6) is 0.230. The zero-order valence-electron chi connectivity index (χ0n) is 9.22. The highest BCUT2D eigenvalue weighted by Gasteiger charge is 2.28. The second-order valence-electron chi connectivity index (χ2n) is 5.06. The quantitative estimate of drug-likeness (QED) is 0.728. The van der Waals surface area contributed by atoms with Crippen LogP contribution >= 0.6 is 0 Å². The molecule has 0 aromatic rings. The maximum Gasteiger partial charge on any atom is 0.220 e. The van der Waals surface area contributed by atoms with Gasteiger partial charge in [0.15, 0.2) is 0 Å². The van der Waals surface area contributed by atoms with Crippen molar-refractivity contribution in [2.45, 2.75) is 52.5 Å². The van der Waals surface area contributed by atoms with Crippen molar-refractivity contribution in [1.82, 2.24) is 5.32 Å². The van der Waals surface area contributed by atoms with Crippen LogP contribution in [0.25, 0.3) is 0 Å². The van der Waals surface area contributed by atoms with Crippen LogP contribution in [0.4, 0.5) is 0 Å². The van der Waals surface area contributed by atoms with Crippen LogP contribution in [0.3, 0.4) is 0 Å². The smallest absolute Gasteiger partial charge is 0.220 e. The lowest BCUT2D eigenvalue weighted by atomic mass is 9.84. The number of rotatable bonds is 5. The van der Waals surface area contributed by atoms with Crippen LogP contribution in [0.5, 0.6) is 0 Å². The normalized spacial score (nSPS) is 16.5. The summed E-state index contributed by atoms with van der Waals surface area (Å²) in [6.07, 6.45) is 3.14. The number of Topliss-reactive ketones (excluding diaryl/α,β-unsaturated/α-hetero) is 1. The van der Waals surface area contributed by atoms with Gasteiger partial charge in [-0.1, -0.05) is 13.8 Å². The predicted molar refractivity (Wildman–Crippen MR) is 54.9 cm³/mol. The fraction of sp³-hybridized carbons (Fsp3) is 0.818. The summed E-state index contributed by atoms with van der Waals surface area (Å²) >= 11 is 0. The largest absolute Gasteiger partial charge is 0.353 e. The molecule has 0 aromatic carbocycles. The summed E-state index contributed by atoms with van der Waals surface area (Å²) in [7, 11) is 0. The number of carbonyl (C=O) groups is 2. The van der Waals surface area contributed by atoms with Crippen LogP contribution < -0.4 is 5.32 Å². The second kappa shape index (κ2) is 4.11. The van der Waals surface area contributed by atoms with E-state index in [0.717, 1.165) is 12.8 Å². The fourth-order valence-corrected chi connectivity index (χ4v) is 1.68. The summed E-state index contributed by atoms with van der Waals surface area (Å²) in [6.45, 7) is 5.49. The first-order chi connectivity index (χ1) is 6.39. The number of amides is 1. The van der Waals surface area contributed by atoms with E-state index in [1.54, 1.807) is 6.92 Å². The van der Waals surface area contributed by atoms with E-state index in [9.17, 15) is 9.59 Å². The Bertz CT molecular complexity index is 242. The van der Waals surface area contributed by atoms with Crippen LogP contribution in [0.2, 0.25) is 0 Å². The van der Waals surface area contributed by atoms with Crippen molar-refractivity contribution in [3.8, 4) is 0 Å². The molecule has 1 aliphatic rings. The molecule has 14 heavy (non-hydrogen) atoms. The second-order valence-corrected chi connectivity index (χ2v) is 5.06. The fourth-order valence-electron chi connectivity index (χ4n) is 1.68. The maximum absolute atomic E-state index is 11.5. The molecule has 1 rings (SSSR count). The Morgan fingerprint density at radius 3 is 2.29 bits per heavy atom. The van der Waals surface area contributed by atoms with Crippen LogP contribution in [-0.2, 0) is 9.59 Å². The Balaban J connectivity index is 2.31. The average molecular weight is 197 g/mol. The van der Waals surface area contributed by atoms with E-state index in [-0.39, 0.29) is 17.1 Å². The van der Waals surface area contributed by atoms with Crippen LogP contribution in [0.1, 0.15) is 46.5 Å². The van der Waals surface area contributed by atoms with E-state index in [0.29, 0.717) is 18.9 Å². The molecule has 1 fully saturated rings. The Morgan fingerprint density at radius 2 is 1.86 bits per heavy atom. The molecular formula is C11H19NO2. The van der Waals surface area contributed by atoms with Crippen LogP contribution in [-0.4, -0.2) is 17.7 Å². The van der Waals surface area contributed by atoms with Crippen LogP contribution in [0.15, 0.2) is 0 Å². The molecule has 1 amide bonds. The lowest BCUT2D eigenvalue weighted by Gasteiger charge is -2.22. The topological polar surface area (TPSA) is 46.2 Å². The first kappa shape index (κ1) is 11.2. The molecule has 1 aliphatic carbocycles. The van der Waals surface area contributed by atoms with Gasteiger partial charge in [-0.15, -0.1) is 0 Å². The van der Waals surface area contributed by atoms with Crippen molar-refractivity contribution in [1.29, 1.82) is 0 Å². The lowest BCUT2D eigenvalue weighted by molar-refractivity contribution is -0.124. The van der Waals surface area contributed by atoms with Gasteiger partial charge in [-0.05, 0) is 25.2 Å². The van der Waals surface area contributed by atoms with E-state index in [4.69, 9.17) is 0 Å². The van der Waals surface area contributed by atoms with Gasteiger partial charge in [-0.2, -0.15) is 0 Å². The summed E-state index contributed by atoms with van der Waals surface area (Å²) in [6, 6.07) is 0.413. The van der Waals surface area contributed by atoms with Gasteiger partial charge in [-0.25, -0.2) is 0 Å². The number of hydrogen-bond donors (Lipinski definition) is 1. The third kappa shape index (κ3) is 4.40. The molecular weight excluding hydrogens is 178 g/mol. The molecule has 0 spiro atoms. The molecule has 0 radical (unpaired) electrons. The lowest BCUT2D eigenvalue weighted by Crippen LogP contribution is -2.31. The van der Waals surface area contributed by atoms with Gasteiger partial charge in [0, 0.05) is 18.9 Å². The van der Waals surface area contributed by atoms with E-state index < -0.39 is 0 Å². The molecule has 0 atom stereocenters. The van der Waals surface area contributed by atoms with Gasteiger partial charge in [0.05, 0.1) is 0 Å². The monoisotopic (exact) mass is 197 g/mol. The van der Waals surface area contributed by atoms with E-state index in [1.807, 2.05) is 13.8 Å². The molecule has 0 saturated heterocycles. The van der Waals surface area contributed by atoms with E-state index >= 15 is 0 Å². The molecule has 80 valence electrons. The van der Waals surface area contributed by atoms with Crippen molar-refractivity contribution in [3.05, 3.63) is 0 Å². The Hall–Kier alpha value is -0.860. The summed E-state index contributed by atoms with van der Waals surface area (Å²) in [4.78, 5) is 22.4. The van der Waals surface area contributed by atoms with E-state index in [2.05, 4.69) is 5.32 Å². The van der Waals surface area contributed by atoms with Crippen molar-refractivity contribution in [2.24, 2.45) is 5.41 Å². The first-order valence-electron chi connectivity index (χ1n) is 5.18. The minimum Gasteiger partial charge on any atom is -0.353 e. The standard InChI is InChI=1S/C11H19NO2/c1-8(13)6-11(2,3)7-10(14)12-9-4-5-9/h9H,4-7H2,1-3H3,(H,12,14). The molecule has 1 saturated carbocycles. The maximum atomic E-state index is 11.5. The summed E-state index contributed by atoms with van der Waals surface area (Å²) in [5, 5.41) is 2.93. The first-order valence-corrected chi connectivity index (χ1v) is 5.18. The SMILES string of the molecule is CC(=O)CC(C)(C)CC(=O)NC1CC1. The van der Waals surface area contributed by atoms with Gasteiger partial charge < -0.3 is 10.1 Å². The highest BCUT2D eigenvalue weighted by Crippen LogP contribution is 2.26. The summed E-state index contributed by atoms with van der Waals surface area (Å²) in [5.41, 5.74) is -0.204. The Morgan fingerprint density at radius 1 is 1.29 bits per heavy atom. The van der Waals surface area contributed by atoms with Crippen LogP contribution in [0, 0.1) is 5.41 Å². The van der Waals surface area contributed by atoms with Gasteiger partial charge in [0.2, 0.25) is 5.91 Å². The number of carbonyl (C=O) groups excluding carboxylic acids is 2. The Kier molecular flexibility index (Phi) is 3.29. The molecule has 3 heteroatoms. The molecule has 0 unspecified atom stereocenters. The van der Waals surface area contributed by atoms with Gasteiger partial charge >= 0.3 is 0 Å². The highest BCUT2D eigenvalue weighted by atomic mass is 16.1. The highest BCUT2D eigenvalue weighted by molar-refractivity contribution is 5.80. The zero-order chi connectivity index (χ0) is 10.8. The zero-order valence-corrected chi connectivity index (χ0v) is 9.22. The van der Waals surface area contributed by atoms with Crippen molar-refractivity contribution >= 4 is 11.7 Å². The third-order valence-electron chi connectivity index (χ3n) is 2.31.